The molecule has 78 valence electrons. The van der Waals surface area contributed by atoms with E-state index in [-0.39, 0.29) is 5.82 Å². The van der Waals surface area contributed by atoms with Crippen molar-refractivity contribution in [2.24, 2.45) is 5.73 Å². The molecule has 0 saturated heterocycles. The van der Waals surface area contributed by atoms with Gasteiger partial charge in [0.1, 0.15) is 5.82 Å². The molecule has 0 aliphatic carbocycles. The van der Waals surface area contributed by atoms with E-state index in [0.29, 0.717) is 18.5 Å². The molecule has 1 aromatic heterocycles. The van der Waals surface area contributed by atoms with E-state index in [0.717, 1.165) is 16.5 Å². The average molecular weight is 204 g/mol. The maximum absolute atomic E-state index is 13.4. The molecular formula is C12H13FN2. The summed E-state index contributed by atoms with van der Waals surface area (Å²) in [6, 6.07) is 5.27. The summed E-state index contributed by atoms with van der Waals surface area (Å²) in [5.41, 5.74) is 7.01. The lowest BCUT2D eigenvalue weighted by Crippen LogP contribution is -2.05. The van der Waals surface area contributed by atoms with Crippen LogP contribution in [0.5, 0.6) is 0 Å². The van der Waals surface area contributed by atoms with Gasteiger partial charge in [0, 0.05) is 23.7 Å². The molecule has 2 N–H and O–H groups in total. The molecule has 0 unspecified atom stereocenters. The second kappa shape index (κ2) is 3.95. The molecule has 0 aliphatic rings. The summed E-state index contributed by atoms with van der Waals surface area (Å²) >= 11 is 0. The first-order chi connectivity index (χ1) is 7.22. The van der Waals surface area contributed by atoms with Crippen molar-refractivity contribution in [3.63, 3.8) is 0 Å². The van der Waals surface area contributed by atoms with Crippen LogP contribution in [0, 0.1) is 12.7 Å². The van der Waals surface area contributed by atoms with Gasteiger partial charge in [-0.3, -0.25) is 4.98 Å². The molecule has 2 rings (SSSR count). The molecule has 0 aliphatic heterocycles. The summed E-state index contributed by atoms with van der Waals surface area (Å²) < 4.78 is 13.4. The number of hydrogen-bond donors (Lipinski definition) is 1. The van der Waals surface area contributed by atoms with Crippen molar-refractivity contribution < 1.29 is 4.39 Å². The van der Waals surface area contributed by atoms with Crippen LogP contribution in [0.25, 0.3) is 10.8 Å². The van der Waals surface area contributed by atoms with E-state index in [1.807, 2.05) is 12.1 Å². The molecule has 0 radical (unpaired) electrons. The molecular weight excluding hydrogens is 191 g/mol. The lowest BCUT2D eigenvalue weighted by Gasteiger charge is -2.05. The summed E-state index contributed by atoms with van der Waals surface area (Å²) in [5, 5.41) is 1.89. The zero-order valence-electron chi connectivity index (χ0n) is 8.63. The summed E-state index contributed by atoms with van der Waals surface area (Å²) in [6.07, 6.45) is 2.42. The lowest BCUT2D eigenvalue weighted by atomic mass is 10.1. The third-order valence-corrected chi connectivity index (χ3v) is 2.51. The highest BCUT2D eigenvalue weighted by Gasteiger charge is 2.05. The third-order valence-electron chi connectivity index (χ3n) is 2.51. The maximum Gasteiger partial charge on any atom is 0.126 e. The molecule has 0 fully saturated rings. The summed E-state index contributed by atoms with van der Waals surface area (Å²) in [7, 11) is 0. The van der Waals surface area contributed by atoms with E-state index in [1.54, 1.807) is 19.2 Å². The zero-order valence-corrected chi connectivity index (χ0v) is 8.63. The van der Waals surface area contributed by atoms with Crippen LogP contribution in [0.3, 0.4) is 0 Å². The SMILES string of the molecule is Cc1cc2ccnc(CCN)c2cc1F. The van der Waals surface area contributed by atoms with E-state index in [4.69, 9.17) is 5.73 Å². The highest BCUT2D eigenvalue weighted by molar-refractivity contribution is 5.85. The summed E-state index contributed by atoms with van der Waals surface area (Å²) in [4.78, 5) is 4.22. The van der Waals surface area contributed by atoms with Gasteiger partial charge in [-0.1, -0.05) is 0 Å². The Labute approximate surface area is 87.9 Å². The molecule has 1 heterocycles. The number of halogens is 1. The number of nitrogens with zero attached hydrogens (tertiary/aromatic N) is 1. The van der Waals surface area contributed by atoms with Crippen molar-refractivity contribution in [2.45, 2.75) is 13.3 Å². The highest BCUT2D eigenvalue weighted by Crippen LogP contribution is 2.21. The van der Waals surface area contributed by atoms with Crippen LogP contribution >= 0.6 is 0 Å². The van der Waals surface area contributed by atoms with Crippen LogP contribution in [-0.4, -0.2) is 11.5 Å². The quantitative estimate of drug-likeness (QED) is 0.814. The second-order valence-corrected chi connectivity index (χ2v) is 3.62. The highest BCUT2D eigenvalue weighted by atomic mass is 19.1. The molecule has 2 nitrogen and oxygen atoms in total. The number of hydrogen-bond acceptors (Lipinski definition) is 2. The first-order valence-corrected chi connectivity index (χ1v) is 4.96. The fourth-order valence-electron chi connectivity index (χ4n) is 1.70. The van der Waals surface area contributed by atoms with Gasteiger partial charge in [-0.2, -0.15) is 0 Å². The molecule has 0 spiro atoms. The molecule has 2 aromatic rings. The van der Waals surface area contributed by atoms with E-state index >= 15 is 0 Å². The molecule has 0 bridgehead atoms. The van der Waals surface area contributed by atoms with Crippen LogP contribution < -0.4 is 5.73 Å². The van der Waals surface area contributed by atoms with Crippen molar-refractivity contribution >= 4 is 10.8 Å². The minimum absolute atomic E-state index is 0.186. The van der Waals surface area contributed by atoms with Crippen LogP contribution in [0.15, 0.2) is 24.4 Å². The zero-order chi connectivity index (χ0) is 10.8. The maximum atomic E-state index is 13.4. The molecule has 1 aromatic carbocycles. The van der Waals surface area contributed by atoms with Gasteiger partial charge in [0.25, 0.3) is 0 Å². The minimum atomic E-state index is -0.186. The number of nitrogens with two attached hydrogens (primary N) is 1. The number of benzene rings is 1. The number of fused-ring (bicyclic) bond motifs is 1. The number of aromatic nitrogens is 1. The van der Waals surface area contributed by atoms with Gasteiger partial charge < -0.3 is 5.73 Å². The Balaban J connectivity index is 2.68. The Bertz CT molecular complexity index is 494. The lowest BCUT2D eigenvalue weighted by molar-refractivity contribution is 0.620. The Morgan fingerprint density at radius 3 is 2.93 bits per heavy atom. The van der Waals surface area contributed by atoms with Crippen LogP contribution in [-0.2, 0) is 6.42 Å². The van der Waals surface area contributed by atoms with Gasteiger partial charge in [0.2, 0.25) is 0 Å². The molecule has 15 heavy (non-hydrogen) atoms. The van der Waals surface area contributed by atoms with Gasteiger partial charge in [-0.15, -0.1) is 0 Å². The van der Waals surface area contributed by atoms with E-state index in [2.05, 4.69) is 4.98 Å². The van der Waals surface area contributed by atoms with Crippen LogP contribution in [0.1, 0.15) is 11.3 Å². The largest absolute Gasteiger partial charge is 0.330 e. The third kappa shape index (κ3) is 1.83. The topological polar surface area (TPSA) is 38.9 Å². The van der Waals surface area contributed by atoms with Crippen molar-refractivity contribution in [1.82, 2.24) is 4.98 Å². The second-order valence-electron chi connectivity index (χ2n) is 3.62. The van der Waals surface area contributed by atoms with Crippen molar-refractivity contribution in [1.29, 1.82) is 0 Å². The summed E-state index contributed by atoms with van der Waals surface area (Å²) in [6.45, 7) is 2.29. The van der Waals surface area contributed by atoms with Crippen molar-refractivity contribution in [3.8, 4) is 0 Å². The number of pyridine rings is 1. The Hall–Kier alpha value is -1.48. The first-order valence-electron chi connectivity index (χ1n) is 4.96. The first kappa shape index (κ1) is 10.1. The smallest absolute Gasteiger partial charge is 0.126 e. The van der Waals surface area contributed by atoms with Gasteiger partial charge in [0.15, 0.2) is 0 Å². The van der Waals surface area contributed by atoms with Crippen molar-refractivity contribution in [2.75, 3.05) is 6.54 Å². The minimum Gasteiger partial charge on any atom is -0.330 e. The van der Waals surface area contributed by atoms with Crippen molar-refractivity contribution in [3.05, 3.63) is 41.5 Å². The molecule has 3 heteroatoms. The fraction of sp³-hybridized carbons (Fsp3) is 0.250. The monoisotopic (exact) mass is 204 g/mol. The number of rotatable bonds is 2. The van der Waals surface area contributed by atoms with Crippen LogP contribution in [0.2, 0.25) is 0 Å². The number of aryl methyl sites for hydroxylation is 1. The van der Waals surface area contributed by atoms with Gasteiger partial charge in [-0.25, -0.2) is 4.39 Å². The molecule has 0 atom stereocenters. The Morgan fingerprint density at radius 2 is 2.20 bits per heavy atom. The Kier molecular flexibility index (Phi) is 2.64. The summed E-state index contributed by atoms with van der Waals surface area (Å²) in [5.74, 6) is -0.186. The standard InChI is InChI=1S/C12H13FN2/c1-8-6-9-3-5-15-12(2-4-14)10(9)7-11(8)13/h3,5-7H,2,4,14H2,1H3. The van der Waals surface area contributed by atoms with E-state index in [1.165, 1.54) is 0 Å². The van der Waals surface area contributed by atoms with E-state index < -0.39 is 0 Å². The predicted molar refractivity (Wildman–Crippen MR) is 59.2 cm³/mol. The van der Waals surface area contributed by atoms with Gasteiger partial charge in [0.05, 0.1) is 0 Å². The van der Waals surface area contributed by atoms with Gasteiger partial charge in [-0.05, 0) is 42.6 Å². The average Bonchev–Trinajstić information content (AvgIpc) is 2.21. The van der Waals surface area contributed by atoms with Crippen LogP contribution in [0.4, 0.5) is 4.39 Å². The molecule has 0 saturated carbocycles. The van der Waals surface area contributed by atoms with Gasteiger partial charge >= 0.3 is 0 Å². The fourth-order valence-corrected chi connectivity index (χ4v) is 1.70. The normalized spacial score (nSPS) is 10.9. The molecule has 0 amide bonds. The predicted octanol–water partition coefficient (Wildman–Crippen LogP) is 2.18. The Morgan fingerprint density at radius 1 is 1.40 bits per heavy atom. The van der Waals surface area contributed by atoms with E-state index in [9.17, 15) is 4.39 Å².